The Morgan fingerprint density at radius 3 is 2.54 bits per heavy atom. The maximum absolute atomic E-state index is 13.1. The summed E-state index contributed by atoms with van der Waals surface area (Å²) in [6.45, 7) is 4.44. The quantitative estimate of drug-likeness (QED) is 0.798. The van der Waals surface area contributed by atoms with Crippen molar-refractivity contribution in [2.45, 2.75) is 32.8 Å². The lowest BCUT2D eigenvalue weighted by atomic mass is 10.1. The molecule has 2 aromatic carbocycles. The second-order valence-corrected chi connectivity index (χ2v) is 6.39. The van der Waals surface area contributed by atoms with Crippen LogP contribution in [-0.2, 0) is 9.59 Å². The fourth-order valence-corrected chi connectivity index (χ4v) is 3.06. The lowest BCUT2D eigenvalue weighted by Gasteiger charge is -2.34. The second-order valence-electron chi connectivity index (χ2n) is 6.39. The van der Waals surface area contributed by atoms with Crippen LogP contribution in [-0.4, -0.2) is 31.0 Å². The molecule has 0 spiro atoms. The second kappa shape index (κ2) is 8.04. The third-order valence-corrected chi connectivity index (χ3v) is 4.47. The van der Waals surface area contributed by atoms with Crippen LogP contribution in [0.25, 0.3) is 0 Å². The molecule has 0 N–H and O–H groups in total. The Bertz CT molecular complexity index is 776. The van der Waals surface area contributed by atoms with Crippen molar-refractivity contribution >= 4 is 23.2 Å². The van der Waals surface area contributed by atoms with Crippen molar-refractivity contribution in [3.05, 3.63) is 54.6 Å². The highest BCUT2D eigenvalue weighted by atomic mass is 16.5. The van der Waals surface area contributed by atoms with Crippen molar-refractivity contribution in [3.8, 4) is 5.75 Å². The largest absolute Gasteiger partial charge is 0.479 e. The van der Waals surface area contributed by atoms with E-state index in [2.05, 4.69) is 6.92 Å². The monoisotopic (exact) mass is 352 g/mol. The minimum Gasteiger partial charge on any atom is -0.479 e. The predicted octanol–water partition coefficient (Wildman–Crippen LogP) is 3.63. The van der Waals surface area contributed by atoms with Crippen molar-refractivity contribution in [3.63, 3.8) is 0 Å². The van der Waals surface area contributed by atoms with Gasteiger partial charge in [0.15, 0.2) is 6.10 Å². The van der Waals surface area contributed by atoms with Crippen LogP contribution >= 0.6 is 0 Å². The number of anilines is 2. The van der Waals surface area contributed by atoms with Crippen molar-refractivity contribution in [2.24, 2.45) is 0 Å². The summed E-state index contributed by atoms with van der Waals surface area (Å²) in [6, 6.07) is 16.9. The Morgan fingerprint density at radius 1 is 1.12 bits per heavy atom. The number of carbonyl (C=O) groups is 2. The fraction of sp³-hybridized carbons (Fsp3) is 0.333. The molecular weight excluding hydrogens is 328 g/mol. The minimum absolute atomic E-state index is 0.00214. The van der Waals surface area contributed by atoms with E-state index in [4.69, 9.17) is 4.74 Å². The molecule has 1 aliphatic rings. The topological polar surface area (TPSA) is 49.9 Å². The molecule has 0 aromatic heterocycles. The maximum atomic E-state index is 13.1. The molecule has 1 atom stereocenters. The molecule has 0 fully saturated rings. The smallest absolute Gasteiger partial charge is 0.268 e. The zero-order valence-corrected chi connectivity index (χ0v) is 15.2. The molecule has 2 aromatic rings. The molecule has 1 heterocycles. The number of unbranched alkanes of at least 4 members (excludes halogenated alkanes) is 1. The summed E-state index contributed by atoms with van der Waals surface area (Å²) in [5, 5.41) is 0. The number of fused-ring (bicyclic) bond motifs is 1. The van der Waals surface area contributed by atoms with Gasteiger partial charge in [0.25, 0.3) is 5.91 Å². The van der Waals surface area contributed by atoms with Crippen LogP contribution in [0, 0.1) is 0 Å². The standard InChI is InChI=1S/C21H24N2O3/c1-3-4-14-22(17-10-6-5-7-11-17)20(24)15-23-18-12-8-9-13-19(18)26-16(2)21(23)25/h5-13,16H,3-4,14-15H2,1-2H3. The van der Waals surface area contributed by atoms with Gasteiger partial charge in [0, 0.05) is 12.2 Å². The zero-order valence-electron chi connectivity index (χ0n) is 15.2. The first-order valence-electron chi connectivity index (χ1n) is 9.04. The van der Waals surface area contributed by atoms with Gasteiger partial charge in [-0.05, 0) is 37.6 Å². The summed E-state index contributed by atoms with van der Waals surface area (Å²) in [6.07, 6.45) is 1.30. The number of ether oxygens (including phenoxy) is 1. The van der Waals surface area contributed by atoms with Crippen LogP contribution < -0.4 is 14.5 Å². The number of hydrogen-bond donors (Lipinski definition) is 0. The highest BCUT2D eigenvalue weighted by Gasteiger charge is 2.33. The Labute approximate surface area is 154 Å². The summed E-state index contributed by atoms with van der Waals surface area (Å²) in [4.78, 5) is 29.0. The van der Waals surface area contributed by atoms with Crippen molar-refractivity contribution in [1.82, 2.24) is 0 Å². The number of benzene rings is 2. The molecule has 5 nitrogen and oxygen atoms in total. The molecule has 0 aliphatic carbocycles. The summed E-state index contributed by atoms with van der Waals surface area (Å²) < 4.78 is 5.65. The van der Waals surface area contributed by atoms with Crippen LogP contribution in [0.15, 0.2) is 54.6 Å². The molecule has 5 heteroatoms. The average molecular weight is 352 g/mol. The van der Waals surface area contributed by atoms with Gasteiger partial charge in [0.1, 0.15) is 12.3 Å². The molecular formula is C21H24N2O3. The van der Waals surface area contributed by atoms with Gasteiger partial charge in [-0.2, -0.15) is 0 Å². The summed E-state index contributed by atoms with van der Waals surface area (Å²) in [5.41, 5.74) is 1.50. The van der Waals surface area contributed by atoms with Crippen LogP contribution in [0.1, 0.15) is 26.7 Å². The van der Waals surface area contributed by atoms with Crippen LogP contribution in [0.3, 0.4) is 0 Å². The highest BCUT2D eigenvalue weighted by Crippen LogP contribution is 2.33. The van der Waals surface area contributed by atoms with E-state index in [1.54, 1.807) is 11.8 Å². The molecule has 0 bridgehead atoms. The Balaban J connectivity index is 1.85. The fourth-order valence-electron chi connectivity index (χ4n) is 3.06. The molecule has 1 aliphatic heterocycles. The molecule has 0 radical (unpaired) electrons. The van der Waals surface area contributed by atoms with Crippen molar-refractivity contribution in [2.75, 3.05) is 22.9 Å². The molecule has 2 amide bonds. The number of carbonyl (C=O) groups excluding carboxylic acids is 2. The van der Waals surface area contributed by atoms with Crippen LogP contribution in [0.5, 0.6) is 5.75 Å². The van der Waals surface area contributed by atoms with E-state index in [-0.39, 0.29) is 18.4 Å². The zero-order chi connectivity index (χ0) is 18.5. The summed E-state index contributed by atoms with van der Waals surface area (Å²) in [5.74, 6) is 0.342. The molecule has 3 rings (SSSR count). The van der Waals surface area contributed by atoms with Gasteiger partial charge in [-0.1, -0.05) is 43.7 Å². The van der Waals surface area contributed by atoms with E-state index in [1.807, 2.05) is 54.6 Å². The van der Waals surface area contributed by atoms with Crippen molar-refractivity contribution in [1.29, 1.82) is 0 Å². The number of hydrogen-bond acceptors (Lipinski definition) is 3. The molecule has 0 saturated carbocycles. The Morgan fingerprint density at radius 2 is 1.81 bits per heavy atom. The van der Waals surface area contributed by atoms with Gasteiger partial charge in [0.05, 0.1) is 5.69 Å². The van der Waals surface area contributed by atoms with Gasteiger partial charge in [0.2, 0.25) is 5.91 Å². The van der Waals surface area contributed by atoms with Crippen molar-refractivity contribution < 1.29 is 14.3 Å². The van der Waals surface area contributed by atoms with E-state index in [9.17, 15) is 9.59 Å². The third-order valence-electron chi connectivity index (χ3n) is 4.47. The third kappa shape index (κ3) is 3.72. The normalized spacial score (nSPS) is 16.0. The van der Waals surface area contributed by atoms with Gasteiger partial charge >= 0.3 is 0 Å². The minimum atomic E-state index is -0.599. The van der Waals surface area contributed by atoms with Crippen LogP contribution in [0.2, 0.25) is 0 Å². The van der Waals surface area contributed by atoms with Gasteiger partial charge in [-0.25, -0.2) is 0 Å². The first-order valence-corrected chi connectivity index (χ1v) is 9.04. The average Bonchev–Trinajstić information content (AvgIpc) is 2.66. The van der Waals surface area contributed by atoms with E-state index in [0.29, 0.717) is 18.0 Å². The number of rotatable bonds is 6. The maximum Gasteiger partial charge on any atom is 0.268 e. The van der Waals surface area contributed by atoms with Crippen LogP contribution in [0.4, 0.5) is 11.4 Å². The van der Waals surface area contributed by atoms with E-state index >= 15 is 0 Å². The number of amides is 2. The Hall–Kier alpha value is -2.82. The molecule has 136 valence electrons. The number of nitrogens with zero attached hydrogens (tertiary/aromatic N) is 2. The first kappa shape index (κ1) is 18.0. The molecule has 26 heavy (non-hydrogen) atoms. The predicted molar refractivity (Wildman–Crippen MR) is 103 cm³/mol. The van der Waals surface area contributed by atoms with E-state index in [1.165, 1.54) is 4.90 Å². The van der Waals surface area contributed by atoms with E-state index < -0.39 is 6.10 Å². The Kier molecular flexibility index (Phi) is 5.56. The lowest BCUT2D eigenvalue weighted by molar-refractivity contribution is -0.127. The highest BCUT2D eigenvalue weighted by molar-refractivity contribution is 6.06. The molecule has 0 saturated heterocycles. The number of para-hydroxylation sites is 3. The summed E-state index contributed by atoms with van der Waals surface area (Å²) >= 11 is 0. The SMILES string of the molecule is CCCCN(C(=O)CN1C(=O)C(C)Oc2ccccc21)c1ccccc1. The van der Waals surface area contributed by atoms with Gasteiger partial charge < -0.3 is 9.64 Å². The summed E-state index contributed by atoms with van der Waals surface area (Å²) in [7, 11) is 0. The first-order chi connectivity index (χ1) is 12.6. The van der Waals surface area contributed by atoms with Gasteiger partial charge in [-0.15, -0.1) is 0 Å². The van der Waals surface area contributed by atoms with Gasteiger partial charge in [-0.3, -0.25) is 14.5 Å². The van der Waals surface area contributed by atoms with E-state index in [0.717, 1.165) is 18.5 Å². The lowest BCUT2D eigenvalue weighted by Crippen LogP contribution is -2.49. The molecule has 1 unspecified atom stereocenters.